The Morgan fingerprint density at radius 2 is 2.20 bits per heavy atom. The van der Waals surface area contributed by atoms with Crippen LogP contribution >= 0.6 is 0 Å². The number of aromatic nitrogens is 4. The second-order valence-corrected chi connectivity index (χ2v) is 5.12. The fraction of sp³-hybridized carbons (Fsp3) is 0.385. The number of benzene rings is 1. The van der Waals surface area contributed by atoms with Gasteiger partial charge in [0.05, 0.1) is 11.2 Å². The molecule has 0 radical (unpaired) electrons. The van der Waals surface area contributed by atoms with Crippen molar-refractivity contribution in [2.24, 2.45) is 0 Å². The van der Waals surface area contributed by atoms with Gasteiger partial charge in [-0.1, -0.05) is 0 Å². The minimum atomic E-state index is -0.464. The lowest BCUT2D eigenvalue weighted by atomic mass is 9.99. The molecule has 1 aliphatic heterocycles. The third-order valence-corrected chi connectivity index (χ3v) is 3.61. The monoisotopic (exact) mass is 272 g/mol. The Kier molecular flexibility index (Phi) is 3.19. The molecule has 20 heavy (non-hydrogen) atoms. The maximum absolute atomic E-state index is 12.2. The summed E-state index contributed by atoms with van der Waals surface area (Å²) in [5.74, 6) is 0.00479. The van der Waals surface area contributed by atoms with Gasteiger partial charge in [0.2, 0.25) is 5.91 Å². The van der Waals surface area contributed by atoms with Crippen LogP contribution < -0.4 is 10.6 Å². The number of amides is 1. The molecule has 1 aromatic heterocycles. The number of rotatable bonds is 3. The van der Waals surface area contributed by atoms with Crippen molar-refractivity contribution in [1.82, 2.24) is 25.5 Å². The smallest absolute Gasteiger partial charge is 0.244 e. The molecule has 0 spiro atoms. The maximum Gasteiger partial charge on any atom is 0.244 e. The number of hydrogen-bond acceptors (Lipinski definition) is 5. The summed E-state index contributed by atoms with van der Waals surface area (Å²) in [7, 11) is 0. The van der Waals surface area contributed by atoms with E-state index >= 15 is 0 Å². The highest BCUT2D eigenvalue weighted by atomic mass is 16.2. The lowest BCUT2D eigenvalue weighted by Crippen LogP contribution is -2.47. The van der Waals surface area contributed by atoms with Gasteiger partial charge in [-0.3, -0.25) is 4.79 Å². The highest BCUT2D eigenvalue weighted by Gasteiger charge is 2.35. The van der Waals surface area contributed by atoms with Crippen LogP contribution in [0.2, 0.25) is 0 Å². The molecule has 2 N–H and O–H groups in total. The number of nitrogens with one attached hydrogen (secondary N) is 2. The van der Waals surface area contributed by atoms with Crippen molar-refractivity contribution >= 4 is 11.6 Å². The highest BCUT2D eigenvalue weighted by molar-refractivity contribution is 5.98. The highest BCUT2D eigenvalue weighted by Crippen LogP contribution is 2.21. The molecule has 104 valence electrons. The van der Waals surface area contributed by atoms with E-state index in [-0.39, 0.29) is 5.91 Å². The lowest BCUT2D eigenvalue weighted by Gasteiger charge is -2.23. The molecule has 1 unspecified atom stereocenters. The van der Waals surface area contributed by atoms with Crippen molar-refractivity contribution in [1.29, 1.82) is 0 Å². The van der Waals surface area contributed by atoms with E-state index in [1.165, 1.54) is 6.33 Å². The molecule has 0 aliphatic carbocycles. The van der Waals surface area contributed by atoms with Crippen molar-refractivity contribution < 1.29 is 4.79 Å². The van der Waals surface area contributed by atoms with Gasteiger partial charge in [-0.15, -0.1) is 5.10 Å². The summed E-state index contributed by atoms with van der Waals surface area (Å²) in [6.45, 7) is 2.83. The molecular weight excluding hydrogens is 256 g/mol. The lowest BCUT2D eigenvalue weighted by molar-refractivity contribution is -0.121. The van der Waals surface area contributed by atoms with Crippen molar-refractivity contribution in [3.05, 3.63) is 30.6 Å². The van der Waals surface area contributed by atoms with E-state index in [9.17, 15) is 4.79 Å². The van der Waals surface area contributed by atoms with Gasteiger partial charge in [0.15, 0.2) is 0 Å². The van der Waals surface area contributed by atoms with Gasteiger partial charge in [-0.2, -0.15) is 0 Å². The summed E-state index contributed by atoms with van der Waals surface area (Å²) in [4.78, 5) is 12.2. The largest absolute Gasteiger partial charge is 0.324 e. The molecule has 1 amide bonds. The van der Waals surface area contributed by atoms with Gasteiger partial charge < -0.3 is 10.6 Å². The molecule has 0 bridgehead atoms. The number of nitrogens with zero attached hydrogens (tertiary/aromatic N) is 4. The van der Waals surface area contributed by atoms with Crippen LogP contribution in [0.5, 0.6) is 0 Å². The van der Waals surface area contributed by atoms with Crippen molar-refractivity contribution in [2.75, 3.05) is 11.9 Å². The third kappa shape index (κ3) is 2.39. The van der Waals surface area contributed by atoms with Crippen molar-refractivity contribution in [3.63, 3.8) is 0 Å². The summed E-state index contributed by atoms with van der Waals surface area (Å²) >= 11 is 0. The predicted molar refractivity (Wildman–Crippen MR) is 73.4 cm³/mol. The van der Waals surface area contributed by atoms with E-state index in [1.807, 2.05) is 31.2 Å². The van der Waals surface area contributed by atoms with Crippen LogP contribution in [-0.4, -0.2) is 38.2 Å². The molecule has 7 heteroatoms. The van der Waals surface area contributed by atoms with Crippen LogP contribution in [0, 0.1) is 0 Å². The zero-order valence-corrected chi connectivity index (χ0v) is 11.2. The SMILES string of the molecule is CC1(C(=O)Nc2ccc(-n3cnnn3)cc2)CCCN1. The van der Waals surface area contributed by atoms with Gasteiger partial charge in [0, 0.05) is 5.69 Å². The minimum Gasteiger partial charge on any atom is -0.324 e. The Morgan fingerprint density at radius 3 is 2.80 bits per heavy atom. The van der Waals surface area contributed by atoms with E-state index in [2.05, 4.69) is 26.2 Å². The first-order chi connectivity index (χ1) is 9.67. The number of hydrogen-bond donors (Lipinski definition) is 2. The van der Waals surface area contributed by atoms with Crippen LogP contribution in [0.3, 0.4) is 0 Å². The van der Waals surface area contributed by atoms with Crippen LogP contribution in [0.25, 0.3) is 5.69 Å². The molecule has 2 aromatic rings. The molecule has 1 aliphatic rings. The average molecular weight is 272 g/mol. The molecule has 0 saturated carbocycles. The second kappa shape index (κ2) is 5.01. The minimum absolute atomic E-state index is 0.00479. The fourth-order valence-electron chi connectivity index (χ4n) is 2.33. The zero-order chi connectivity index (χ0) is 14.0. The van der Waals surface area contributed by atoms with Gasteiger partial charge in [-0.05, 0) is 61.0 Å². The van der Waals surface area contributed by atoms with E-state index in [4.69, 9.17) is 0 Å². The molecule has 3 rings (SSSR count). The molecule has 2 heterocycles. The van der Waals surface area contributed by atoms with Gasteiger partial charge in [-0.25, -0.2) is 4.68 Å². The first-order valence-corrected chi connectivity index (χ1v) is 6.57. The number of tetrazole rings is 1. The zero-order valence-electron chi connectivity index (χ0n) is 11.2. The molecule has 7 nitrogen and oxygen atoms in total. The topological polar surface area (TPSA) is 84.7 Å². The predicted octanol–water partition coefficient (Wildman–Crippen LogP) is 0.743. The summed E-state index contributed by atoms with van der Waals surface area (Å²) in [5, 5.41) is 17.2. The number of anilines is 1. The van der Waals surface area contributed by atoms with Crippen molar-refractivity contribution in [2.45, 2.75) is 25.3 Å². The van der Waals surface area contributed by atoms with Crippen LogP contribution in [-0.2, 0) is 4.79 Å². The molecule has 1 atom stereocenters. The van der Waals surface area contributed by atoms with Gasteiger partial charge in [0.25, 0.3) is 0 Å². The average Bonchev–Trinajstić information content (AvgIpc) is 3.11. The first kappa shape index (κ1) is 12.7. The summed E-state index contributed by atoms with van der Waals surface area (Å²) < 4.78 is 1.56. The van der Waals surface area contributed by atoms with E-state index in [0.717, 1.165) is 30.8 Å². The van der Waals surface area contributed by atoms with Crippen molar-refractivity contribution in [3.8, 4) is 5.69 Å². The third-order valence-electron chi connectivity index (χ3n) is 3.61. The Hall–Kier alpha value is -2.28. The Morgan fingerprint density at radius 1 is 1.40 bits per heavy atom. The summed E-state index contributed by atoms with van der Waals surface area (Å²) in [6, 6.07) is 7.40. The first-order valence-electron chi connectivity index (χ1n) is 6.57. The second-order valence-electron chi connectivity index (χ2n) is 5.12. The molecule has 1 aromatic carbocycles. The van der Waals surface area contributed by atoms with Crippen LogP contribution in [0.4, 0.5) is 5.69 Å². The van der Waals surface area contributed by atoms with Crippen LogP contribution in [0.1, 0.15) is 19.8 Å². The Bertz CT molecular complexity index is 586. The maximum atomic E-state index is 12.2. The van der Waals surface area contributed by atoms with E-state index < -0.39 is 5.54 Å². The van der Waals surface area contributed by atoms with Gasteiger partial charge in [0.1, 0.15) is 6.33 Å². The number of carbonyl (C=O) groups excluding carboxylic acids is 1. The summed E-state index contributed by atoms with van der Waals surface area (Å²) in [5.41, 5.74) is 1.15. The molecule has 1 fully saturated rings. The Labute approximate surface area is 116 Å². The van der Waals surface area contributed by atoms with Crippen LogP contribution in [0.15, 0.2) is 30.6 Å². The van der Waals surface area contributed by atoms with E-state index in [1.54, 1.807) is 4.68 Å². The van der Waals surface area contributed by atoms with Gasteiger partial charge >= 0.3 is 0 Å². The molecular formula is C13H16N6O. The normalized spacial score (nSPS) is 21.9. The quantitative estimate of drug-likeness (QED) is 0.861. The fourth-order valence-corrected chi connectivity index (χ4v) is 2.33. The standard InChI is InChI=1S/C13H16N6O/c1-13(7-2-8-14-13)12(20)16-10-3-5-11(6-4-10)19-9-15-17-18-19/h3-6,9,14H,2,7-8H2,1H3,(H,16,20). The van der Waals surface area contributed by atoms with E-state index in [0.29, 0.717) is 0 Å². The summed E-state index contributed by atoms with van der Waals surface area (Å²) in [6.07, 6.45) is 3.42. The Balaban J connectivity index is 1.71. The molecule has 1 saturated heterocycles. The number of carbonyl (C=O) groups is 1.